The van der Waals surface area contributed by atoms with E-state index in [9.17, 15) is 13.5 Å². The quantitative estimate of drug-likeness (QED) is 0.884. The molecule has 1 aliphatic rings. The lowest BCUT2D eigenvalue weighted by Gasteiger charge is -2.34. The summed E-state index contributed by atoms with van der Waals surface area (Å²) in [5.41, 5.74) is -0.722. The van der Waals surface area contributed by atoms with Crippen LogP contribution < -0.4 is 9.46 Å². The molecule has 0 fully saturated rings. The summed E-state index contributed by atoms with van der Waals surface area (Å²) in [6.45, 7) is 0.189. The van der Waals surface area contributed by atoms with E-state index in [-0.39, 0.29) is 11.4 Å². The molecule has 23 heavy (non-hydrogen) atoms. The molecule has 1 heterocycles. The molecule has 3 rings (SSSR count). The van der Waals surface area contributed by atoms with Crippen LogP contribution in [-0.4, -0.2) is 26.7 Å². The second kappa shape index (κ2) is 6.13. The van der Waals surface area contributed by atoms with Crippen molar-refractivity contribution in [2.75, 3.05) is 13.2 Å². The van der Waals surface area contributed by atoms with Crippen LogP contribution in [0.4, 0.5) is 0 Å². The molecule has 1 atom stereocenters. The van der Waals surface area contributed by atoms with E-state index in [1.165, 1.54) is 12.1 Å². The van der Waals surface area contributed by atoms with Gasteiger partial charge in [-0.15, -0.1) is 0 Å². The number of halogens is 1. The highest BCUT2D eigenvalue weighted by Gasteiger charge is 2.36. The molecular weight excluding hydrogens is 338 g/mol. The Kier molecular flexibility index (Phi) is 4.33. The number of sulfonamides is 1. The summed E-state index contributed by atoms with van der Waals surface area (Å²) < 4.78 is 32.7. The molecule has 0 aromatic heterocycles. The van der Waals surface area contributed by atoms with Gasteiger partial charge in [-0.05, 0) is 24.3 Å². The van der Waals surface area contributed by atoms with Crippen LogP contribution >= 0.6 is 11.6 Å². The minimum Gasteiger partial charge on any atom is -0.493 e. The van der Waals surface area contributed by atoms with Crippen molar-refractivity contribution < 1.29 is 18.3 Å². The second-order valence-electron chi connectivity index (χ2n) is 5.41. The first-order valence-electron chi connectivity index (χ1n) is 7.11. The molecule has 2 aromatic rings. The molecule has 1 unspecified atom stereocenters. The fourth-order valence-corrected chi connectivity index (χ4v) is 3.95. The maximum Gasteiger partial charge on any atom is 0.240 e. The van der Waals surface area contributed by atoms with E-state index >= 15 is 0 Å². The molecule has 0 aliphatic carbocycles. The molecule has 0 spiro atoms. The monoisotopic (exact) mass is 353 g/mol. The normalized spacial score (nSPS) is 20.6. The van der Waals surface area contributed by atoms with E-state index in [1.54, 1.807) is 36.4 Å². The van der Waals surface area contributed by atoms with Gasteiger partial charge in [-0.2, -0.15) is 0 Å². The lowest BCUT2D eigenvalue weighted by Crippen LogP contribution is -2.43. The van der Waals surface area contributed by atoms with Gasteiger partial charge in [-0.3, -0.25) is 0 Å². The van der Waals surface area contributed by atoms with Crippen LogP contribution in [0.25, 0.3) is 0 Å². The van der Waals surface area contributed by atoms with Crippen molar-refractivity contribution in [1.29, 1.82) is 0 Å². The Balaban J connectivity index is 1.83. The van der Waals surface area contributed by atoms with E-state index in [0.29, 0.717) is 29.4 Å². The third-order valence-electron chi connectivity index (χ3n) is 3.82. The van der Waals surface area contributed by atoms with E-state index in [0.717, 1.165) is 0 Å². The smallest absolute Gasteiger partial charge is 0.240 e. The maximum atomic E-state index is 12.4. The highest BCUT2D eigenvalue weighted by Crippen LogP contribution is 2.36. The average molecular weight is 354 g/mol. The van der Waals surface area contributed by atoms with Gasteiger partial charge >= 0.3 is 0 Å². The summed E-state index contributed by atoms with van der Waals surface area (Å²) in [5, 5.41) is 11.2. The lowest BCUT2D eigenvalue weighted by atomic mass is 9.88. The highest BCUT2D eigenvalue weighted by atomic mass is 35.5. The highest BCUT2D eigenvalue weighted by molar-refractivity contribution is 7.89. The topological polar surface area (TPSA) is 75.6 Å². The van der Waals surface area contributed by atoms with Gasteiger partial charge in [0.15, 0.2) is 0 Å². The molecule has 0 saturated carbocycles. The Morgan fingerprint density at radius 3 is 2.78 bits per heavy atom. The summed E-state index contributed by atoms with van der Waals surface area (Å²) in [6.07, 6.45) is 0.308. The number of nitrogens with one attached hydrogen (secondary N) is 1. The van der Waals surface area contributed by atoms with Crippen molar-refractivity contribution in [3.05, 3.63) is 59.1 Å². The van der Waals surface area contributed by atoms with Crippen LogP contribution in [0.2, 0.25) is 5.02 Å². The number of rotatable bonds is 4. The molecule has 0 radical (unpaired) electrons. The molecular formula is C16H16ClNO4S. The van der Waals surface area contributed by atoms with Gasteiger partial charge in [0.25, 0.3) is 0 Å². The van der Waals surface area contributed by atoms with Crippen LogP contribution in [0, 0.1) is 0 Å². The van der Waals surface area contributed by atoms with Gasteiger partial charge in [-0.25, -0.2) is 13.1 Å². The summed E-state index contributed by atoms with van der Waals surface area (Å²) in [5.74, 6) is 0.572. The number of hydrogen-bond acceptors (Lipinski definition) is 4. The van der Waals surface area contributed by atoms with Crippen molar-refractivity contribution in [2.45, 2.75) is 16.9 Å². The summed E-state index contributed by atoms with van der Waals surface area (Å²) >= 11 is 5.84. The zero-order valence-corrected chi connectivity index (χ0v) is 13.8. The van der Waals surface area contributed by atoms with Crippen molar-refractivity contribution in [2.24, 2.45) is 0 Å². The van der Waals surface area contributed by atoms with Crippen molar-refractivity contribution >= 4 is 21.6 Å². The van der Waals surface area contributed by atoms with Gasteiger partial charge in [0.2, 0.25) is 10.0 Å². The Morgan fingerprint density at radius 1 is 1.22 bits per heavy atom. The van der Waals surface area contributed by atoms with Gasteiger partial charge in [-0.1, -0.05) is 35.9 Å². The number of aliphatic hydroxyl groups is 1. The Bertz CT molecular complexity index is 824. The van der Waals surface area contributed by atoms with Crippen LogP contribution in [0.5, 0.6) is 5.75 Å². The van der Waals surface area contributed by atoms with Crippen LogP contribution in [0.15, 0.2) is 53.4 Å². The second-order valence-corrected chi connectivity index (χ2v) is 7.61. The number of benzene rings is 2. The number of fused-ring (bicyclic) bond motifs is 1. The van der Waals surface area contributed by atoms with Crippen molar-refractivity contribution in [3.8, 4) is 5.75 Å². The van der Waals surface area contributed by atoms with E-state index < -0.39 is 15.6 Å². The number of hydrogen-bond donors (Lipinski definition) is 2. The van der Waals surface area contributed by atoms with Gasteiger partial charge in [0, 0.05) is 23.6 Å². The molecule has 7 heteroatoms. The lowest BCUT2D eigenvalue weighted by molar-refractivity contribution is 0.00219. The molecule has 2 aromatic carbocycles. The minimum atomic E-state index is -3.76. The third-order valence-corrected chi connectivity index (χ3v) is 5.46. The van der Waals surface area contributed by atoms with Gasteiger partial charge in [0.1, 0.15) is 11.4 Å². The van der Waals surface area contributed by atoms with Crippen LogP contribution in [-0.2, 0) is 15.6 Å². The van der Waals surface area contributed by atoms with Crippen molar-refractivity contribution in [1.82, 2.24) is 4.72 Å². The summed E-state index contributed by atoms with van der Waals surface area (Å²) in [6, 6.07) is 13.1. The summed E-state index contributed by atoms with van der Waals surface area (Å²) in [4.78, 5) is 0.0638. The molecule has 122 valence electrons. The predicted octanol–water partition coefficient (Wildman–Crippen LogP) is 2.29. The Labute approximate surface area is 139 Å². The fraction of sp³-hybridized carbons (Fsp3) is 0.250. The first-order chi connectivity index (χ1) is 10.9. The van der Waals surface area contributed by atoms with Crippen molar-refractivity contribution in [3.63, 3.8) is 0 Å². The zero-order chi connectivity index (χ0) is 16.5. The first kappa shape index (κ1) is 16.3. The Hall–Kier alpha value is -1.60. The molecule has 0 amide bonds. The molecule has 0 saturated heterocycles. The Morgan fingerprint density at radius 2 is 2.00 bits per heavy atom. The average Bonchev–Trinajstić information content (AvgIpc) is 2.54. The standard InChI is InChI=1S/C16H16ClNO4S/c17-12-4-3-5-13(10-12)23(20,21)18-11-16(19)8-9-22-15-7-2-1-6-14(15)16/h1-7,10,18-19H,8-9,11H2. The molecule has 5 nitrogen and oxygen atoms in total. The van der Waals surface area contributed by atoms with E-state index in [2.05, 4.69) is 4.72 Å². The minimum absolute atomic E-state index is 0.0638. The van der Waals surface area contributed by atoms with Gasteiger partial charge in [0.05, 0.1) is 11.5 Å². The summed E-state index contributed by atoms with van der Waals surface area (Å²) in [7, 11) is -3.76. The fourth-order valence-electron chi connectivity index (χ4n) is 2.56. The maximum absolute atomic E-state index is 12.4. The number of para-hydroxylation sites is 1. The SMILES string of the molecule is O=S(=O)(NCC1(O)CCOc2ccccc21)c1cccc(Cl)c1. The van der Waals surface area contributed by atoms with E-state index in [4.69, 9.17) is 16.3 Å². The zero-order valence-electron chi connectivity index (χ0n) is 12.2. The third kappa shape index (κ3) is 3.35. The number of ether oxygens (including phenoxy) is 1. The van der Waals surface area contributed by atoms with E-state index in [1.807, 2.05) is 0 Å². The largest absolute Gasteiger partial charge is 0.493 e. The molecule has 2 N–H and O–H groups in total. The molecule has 1 aliphatic heterocycles. The van der Waals surface area contributed by atoms with Gasteiger partial charge < -0.3 is 9.84 Å². The predicted molar refractivity (Wildman–Crippen MR) is 87.1 cm³/mol. The van der Waals surface area contributed by atoms with Crippen LogP contribution in [0.3, 0.4) is 0 Å². The first-order valence-corrected chi connectivity index (χ1v) is 8.97. The molecule has 0 bridgehead atoms. The van der Waals surface area contributed by atoms with Crippen LogP contribution in [0.1, 0.15) is 12.0 Å².